The average Bonchev–Trinajstić information content (AvgIpc) is 3.03. The van der Waals surface area contributed by atoms with Crippen molar-refractivity contribution < 1.29 is 14.6 Å². The molecule has 0 bridgehead atoms. The summed E-state index contributed by atoms with van der Waals surface area (Å²) in [5.41, 5.74) is 1.37. The lowest BCUT2D eigenvalue weighted by atomic mass is 10.0. The van der Waals surface area contributed by atoms with Crippen LogP contribution in [0.15, 0.2) is 36.5 Å². The lowest BCUT2D eigenvalue weighted by Gasteiger charge is -2.24. The van der Waals surface area contributed by atoms with Crippen LogP contribution in [-0.2, 0) is 17.6 Å². The van der Waals surface area contributed by atoms with E-state index in [0.29, 0.717) is 0 Å². The lowest BCUT2D eigenvalue weighted by molar-refractivity contribution is 0.0501. The second-order valence-electron chi connectivity index (χ2n) is 7.89. The Morgan fingerprint density at radius 1 is 1.30 bits per heavy atom. The predicted octanol–water partition coefficient (Wildman–Crippen LogP) is 3.92. The van der Waals surface area contributed by atoms with Crippen LogP contribution in [0.3, 0.4) is 0 Å². The topological polar surface area (TPSA) is 87.2 Å². The molecule has 6 heteroatoms. The Bertz CT molecular complexity index is 705. The van der Waals surface area contributed by atoms with Gasteiger partial charge in [-0.05, 0) is 52.5 Å². The van der Waals surface area contributed by atoms with Crippen LogP contribution in [0.2, 0.25) is 0 Å². The maximum Gasteiger partial charge on any atom is 0.407 e. The van der Waals surface area contributed by atoms with E-state index in [-0.39, 0.29) is 6.04 Å². The lowest BCUT2D eigenvalue weighted by Crippen LogP contribution is -2.40. The summed E-state index contributed by atoms with van der Waals surface area (Å²) in [6, 6.07) is 10.1. The van der Waals surface area contributed by atoms with Gasteiger partial charge in [0.15, 0.2) is 0 Å². The molecule has 2 aromatic rings. The van der Waals surface area contributed by atoms with E-state index in [1.165, 1.54) is 5.56 Å². The summed E-state index contributed by atoms with van der Waals surface area (Å²) in [6.45, 7) is 7.28. The van der Waals surface area contributed by atoms with E-state index >= 15 is 0 Å². The SMILES string of the molecule is CC(O)c1cnc(CCC[C@H](Cc2ccccc2)NC(=O)OC(C)(C)C)[nH]1. The first-order valence-corrected chi connectivity index (χ1v) is 9.48. The largest absolute Gasteiger partial charge is 0.444 e. The van der Waals surface area contributed by atoms with Gasteiger partial charge >= 0.3 is 6.09 Å². The number of amides is 1. The summed E-state index contributed by atoms with van der Waals surface area (Å²) in [7, 11) is 0. The number of carbonyl (C=O) groups excluding carboxylic acids is 1. The van der Waals surface area contributed by atoms with Crippen LogP contribution in [-0.4, -0.2) is 32.8 Å². The molecule has 27 heavy (non-hydrogen) atoms. The van der Waals surface area contributed by atoms with Crippen LogP contribution in [0.25, 0.3) is 0 Å². The zero-order chi connectivity index (χ0) is 19.9. The number of H-pyrrole nitrogens is 1. The normalized spacial score (nSPS) is 13.8. The number of carbonyl (C=O) groups is 1. The third kappa shape index (κ3) is 7.83. The molecule has 0 spiro atoms. The number of aryl methyl sites for hydroxylation is 1. The van der Waals surface area contributed by atoms with E-state index in [2.05, 4.69) is 27.4 Å². The number of aromatic amines is 1. The molecule has 3 N–H and O–H groups in total. The Balaban J connectivity index is 1.92. The van der Waals surface area contributed by atoms with Gasteiger partial charge in [0, 0.05) is 12.5 Å². The summed E-state index contributed by atoms with van der Waals surface area (Å²) in [5.74, 6) is 0.849. The van der Waals surface area contributed by atoms with Crippen LogP contribution in [0, 0.1) is 0 Å². The minimum Gasteiger partial charge on any atom is -0.444 e. The second kappa shape index (κ2) is 9.55. The number of imidazole rings is 1. The van der Waals surface area contributed by atoms with Crippen LogP contribution in [0.1, 0.15) is 63.7 Å². The minimum absolute atomic E-state index is 0.0200. The summed E-state index contributed by atoms with van der Waals surface area (Å²) in [5, 5.41) is 12.6. The van der Waals surface area contributed by atoms with Crippen molar-refractivity contribution in [2.24, 2.45) is 0 Å². The average molecular weight is 373 g/mol. The van der Waals surface area contributed by atoms with Crippen molar-refractivity contribution >= 4 is 6.09 Å². The van der Waals surface area contributed by atoms with Crippen molar-refractivity contribution in [3.63, 3.8) is 0 Å². The Morgan fingerprint density at radius 2 is 2.00 bits per heavy atom. The van der Waals surface area contributed by atoms with E-state index < -0.39 is 17.8 Å². The number of alkyl carbamates (subject to hydrolysis) is 1. The van der Waals surface area contributed by atoms with Gasteiger partial charge in [-0.25, -0.2) is 9.78 Å². The number of benzene rings is 1. The number of aliphatic hydroxyl groups excluding tert-OH is 1. The summed E-state index contributed by atoms with van der Waals surface area (Å²) in [6.07, 6.45) is 3.90. The highest BCUT2D eigenvalue weighted by molar-refractivity contribution is 5.68. The number of ether oxygens (including phenoxy) is 1. The second-order valence-corrected chi connectivity index (χ2v) is 7.89. The first kappa shape index (κ1) is 21.0. The number of rotatable bonds is 8. The molecular formula is C21H31N3O3. The smallest absolute Gasteiger partial charge is 0.407 e. The fourth-order valence-electron chi connectivity index (χ4n) is 2.83. The van der Waals surface area contributed by atoms with Gasteiger partial charge in [0.2, 0.25) is 0 Å². The molecule has 0 aliphatic carbocycles. The number of hydrogen-bond acceptors (Lipinski definition) is 4. The van der Waals surface area contributed by atoms with E-state index in [1.54, 1.807) is 13.1 Å². The predicted molar refractivity (Wildman–Crippen MR) is 105 cm³/mol. The summed E-state index contributed by atoms with van der Waals surface area (Å²) >= 11 is 0. The monoisotopic (exact) mass is 373 g/mol. The standard InChI is InChI=1S/C21H31N3O3/c1-15(25)18-14-22-19(24-18)12-8-11-17(13-16-9-6-5-7-10-16)23-20(26)27-21(2,3)4/h5-7,9-10,14-15,17,25H,8,11-13H2,1-4H3,(H,22,24)(H,23,26)/t15?,17-/m1/s1. The maximum absolute atomic E-state index is 12.2. The van der Waals surface area contributed by atoms with Crippen molar-refractivity contribution in [3.05, 3.63) is 53.6 Å². The molecule has 6 nitrogen and oxygen atoms in total. The quantitative estimate of drug-likeness (QED) is 0.654. The first-order valence-electron chi connectivity index (χ1n) is 9.48. The van der Waals surface area contributed by atoms with Crippen molar-refractivity contribution in [1.29, 1.82) is 0 Å². The Kier molecular flexibility index (Phi) is 7.42. The Hall–Kier alpha value is -2.34. The molecule has 2 atom stereocenters. The molecule has 0 radical (unpaired) electrons. The van der Waals surface area contributed by atoms with Crippen molar-refractivity contribution in [1.82, 2.24) is 15.3 Å². The molecule has 0 fully saturated rings. The van der Waals surface area contributed by atoms with E-state index in [9.17, 15) is 9.90 Å². The van der Waals surface area contributed by atoms with Gasteiger partial charge in [-0.1, -0.05) is 30.3 Å². The molecule has 0 aliphatic heterocycles. The number of aromatic nitrogens is 2. The van der Waals surface area contributed by atoms with Crippen LogP contribution < -0.4 is 5.32 Å². The van der Waals surface area contributed by atoms with Gasteiger partial charge in [-0.3, -0.25) is 0 Å². The number of aliphatic hydroxyl groups is 1. The summed E-state index contributed by atoms with van der Waals surface area (Å²) in [4.78, 5) is 19.6. The third-order valence-corrected chi connectivity index (χ3v) is 4.11. The molecule has 1 amide bonds. The van der Waals surface area contributed by atoms with Crippen LogP contribution >= 0.6 is 0 Å². The zero-order valence-electron chi connectivity index (χ0n) is 16.7. The van der Waals surface area contributed by atoms with Crippen molar-refractivity contribution in [2.45, 2.75) is 71.1 Å². The highest BCUT2D eigenvalue weighted by Crippen LogP contribution is 2.14. The molecule has 0 saturated carbocycles. The van der Waals surface area contributed by atoms with Crippen LogP contribution in [0.5, 0.6) is 0 Å². The number of hydrogen-bond donors (Lipinski definition) is 3. The molecule has 0 saturated heterocycles. The number of nitrogens with one attached hydrogen (secondary N) is 2. The minimum atomic E-state index is -0.550. The molecule has 148 valence electrons. The molecule has 1 aromatic heterocycles. The van der Waals surface area contributed by atoms with E-state index in [4.69, 9.17) is 4.74 Å². The van der Waals surface area contributed by atoms with Gasteiger partial charge in [0.25, 0.3) is 0 Å². The molecule has 1 unspecified atom stereocenters. The van der Waals surface area contributed by atoms with Gasteiger partial charge in [0.1, 0.15) is 11.4 Å². The number of nitrogens with zero attached hydrogens (tertiary/aromatic N) is 1. The van der Waals surface area contributed by atoms with E-state index in [0.717, 1.165) is 37.2 Å². The van der Waals surface area contributed by atoms with Crippen LogP contribution in [0.4, 0.5) is 4.79 Å². The third-order valence-electron chi connectivity index (χ3n) is 4.11. The maximum atomic E-state index is 12.2. The van der Waals surface area contributed by atoms with E-state index in [1.807, 2.05) is 39.0 Å². The molecular weight excluding hydrogens is 342 g/mol. The molecule has 1 heterocycles. The van der Waals surface area contributed by atoms with Crippen molar-refractivity contribution in [2.75, 3.05) is 0 Å². The fraction of sp³-hybridized carbons (Fsp3) is 0.524. The van der Waals surface area contributed by atoms with Crippen molar-refractivity contribution in [3.8, 4) is 0 Å². The molecule has 0 aliphatic rings. The fourth-order valence-corrected chi connectivity index (χ4v) is 2.83. The van der Waals surface area contributed by atoms with Gasteiger partial charge in [-0.15, -0.1) is 0 Å². The highest BCUT2D eigenvalue weighted by Gasteiger charge is 2.20. The summed E-state index contributed by atoms with van der Waals surface area (Å²) < 4.78 is 5.40. The zero-order valence-corrected chi connectivity index (χ0v) is 16.7. The first-order chi connectivity index (χ1) is 12.7. The van der Waals surface area contributed by atoms with Gasteiger partial charge < -0.3 is 20.1 Å². The molecule has 2 rings (SSSR count). The Labute approximate surface area is 161 Å². The molecule has 1 aromatic carbocycles. The highest BCUT2D eigenvalue weighted by atomic mass is 16.6. The Morgan fingerprint density at radius 3 is 2.59 bits per heavy atom. The van der Waals surface area contributed by atoms with Gasteiger partial charge in [-0.2, -0.15) is 0 Å². The van der Waals surface area contributed by atoms with Gasteiger partial charge in [0.05, 0.1) is 18.0 Å².